The lowest BCUT2D eigenvalue weighted by molar-refractivity contribution is 0.0182. The minimum absolute atomic E-state index is 0.0365. The summed E-state index contributed by atoms with van der Waals surface area (Å²) in [4.78, 5) is 4.28. The number of halogens is 2. The van der Waals surface area contributed by atoms with Crippen LogP contribution in [-0.2, 0) is 17.6 Å². The second-order valence-corrected chi connectivity index (χ2v) is 4.82. The van der Waals surface area contributed by atoms with Crippen molar-refractivity contribution in [3.05, 3.63) is 41.5 Å². The highest BCUT2D eigenvalue weighted by Gasteiger charge is 2.26. The van der Waals surface area contributed by atoms with Crippen LogP contribution in [-0.4, -0.2) is 29.8 Å². The minimum atomic E-state index is -2.45. The number of nitrogens with zero attached hydrogens (tertiary/aromatic N) is 2. The summed E-state index contributed by atoms with van der Waals surface area (Å²) in [5.41, 5.74) is 2.28. The van der Waals surface area contributed by atoms with E-state index in [4.69, 9.17) is 9.26 Å². The van der Waals surface area contributed by atoms with E-state index >= 15 is 0 Å². The van der Waals surface area contributed by atoms with E-state index in [2.05, 4.69) is 21.5 Å². The molecule has 3 rings (SSSR count). The van der Waals surface area contributed by atoms with Gasteiger partial charge in [-0.2, -0.15) is 4.98 Å². The summed E-state index contributed by atoms with van der Waals surface area (Å²) in [5.74, 6) is 0.979. The van der Waals surface area contributed by atoms with Crippen LogP contribution < -0.4 is 5.32 Å². The highest BCUT2D eigenvalue weighted by Crippen LogP contribution is 2.32. The van der Waals surface area contributed by atoms with E-state index in [9.17, 15) is 8.78 Å². The Hall–Kier alpha value is -2.02. The number of nitrogens with one attached hydrogen (secondary N) is 1. The molecule has 7 heteroatoms. The quantitative estimate of drug-likeness (QED) is 0.830. The van der Waals surface area contributed by atoms with Gasteiger partial charge in [-0.15, -0.1) is 0 Å². The van der Waals surface area contributed by atoms with E-state index in [1.807, 2.05) is 18.2 Å². The number of anilines is 1. The zero-order valence-corrected chi connectivity index (χ0v) is 11.3. The standard InChI is InChI=1S/C14H15F2N3O2/c15-12(16)8-20-6-5-13-18-14(21-19-13)11-7-9-3-1-2-4-10(9)17-11/h1-4,11-12,17H,5-8H2/t11-/m0/s1. The van der Waals surface area contributed by atoms with Crippen LogP contribution in [0.15, 0.2) is 28.8 Å². The first-order valence-corrected chi connectivity index (χ1v) is 6.75. The first-order valence-electron chi connectivity index (χ1n) is 6.75. The van der Waals surface area contributed by atoms with Crippen molar-refractivity contribution in [1.82, 2.24) is 10.1 Å². The summed E-state index contributed by atoms with van der Waals surface area (Å²) in [6.07, 6.45) is -1.30. The molecule has 0 unspecified atom stereocenters. The molecule has 0 fully saturated rings. The van der Waals surface area contributed by atoms with Gasteiger partial charge in [-0.05, 0) is 11.6 Å². The molecule has 0 saturated carbocycles. The largest absolute Gasteiger partial charge is 0.375 e. The number of para-hydroxylation sites is 1. The third kappa shape index (κ3) is 3.36. The van der Waals surface area contributed by atoms with Crippen LogP contribution in [0.5, 0.6) is 0 Å². The highest BCUT2D eigenvalue weighted by atomic mass is 19.3. The maximum atomic E-state index is 11.9. The van der Waals surface area contributed by atoms with Gasteiger partial charge in [0.15, 0.2) is 5.82 Å². The molecule has 2 aromatic rings. The van der Waals surface area contributed by atoms with Crippen molar-refractivity contribution in [3.8, 4) is 0 Å². The first kappa shape index (κ1) is 13.9. The molecule has 1 aliphatic rings. The summed E-state index contributed by atoms with van der Waals surface area (Å²) >= 11 is 0. The maximum absolute atomic E-state index is 11.9. The van der Waals surface area contributed by atoms with Crippen molar-refractivity contribution in [2.24, 2.45) is 0 Å². The summed E-state index contributed by atoms with van der Waals surface area (Å²) in [6, 6.07) is 7.98. The topological polar surface area (TPSA) is 60.2 Å². The van der Waals surface area contributed by atoms with Gasteiger partial charge in [0.1, 0.15) is 12.6 Å². The van der Waals surface area contributed by atoms with Gasteiger partial charge in [-0.1, -0.05) is 23.4 Å². The van der Waals surface area contributed by atoms with Gasteiger partial charge < -0.3 is 14.6 Å². The monoisotopic (exact) mass is 295 g/mol. The number of hydrogen-bond donors (Lipinski definition) is 1. The van der Waals surface area contributed by atoms with E-state index in [0.717, 1.165) is 12.1 Å². The molecule has 1 aromatic heterocycles. The summed E-state index contributed by atoms with van der Waals surface area (Å²) in [5, 5.41) is 7.17. The molecular weight excluding hydrogens is 280 g/mol. The minimum Gasteiger partial charge on any atom is -0.375 e. The normalized spacial score (nSPS) is 17.0. The molecule has 112 valence electrons. The molecule has 0 aliphatic carbocycles. The highest BCUT2D eigenvalue weighted by molar-refractivity contribution is 5.56. The number of benzene rings is 1. The molecule has 1 atom stereocenters. The third-order valence-electron chi connectivity index (χ3n) is 3.27. The molecule has 1 aromatic carbocycles. The molecule has 1 N–H and O–H groups in total. The predicted molar refractivity (Wildman–Crippen MR) is 71.3 cm³/mol. The van der Waals surface area contributed by atoms with Crippen molar-refractivity contribution < 1.29 is 18.0 Å². The van der Waals surface area contributed by atoms with Gasteiger partial charge in [0, 0.05) is 18.5 Å². The lowest BCUT2D eigenvalue weighted by atomic mass is 10.1. The van der Waals surface area contributed by atoms with E-state index in [1.54, 1.807) is 0 Å². The average molecular weight is 295 g/mol. The van der Waals surface area contributed by atoms with Crippen molar-refractivity contribution >= 4 is 5.69 Å². The lowest BCUT2D eigenvalue weighted by Gasteiger charge is -2.04. The summed E-state index contributed by atoms with van der Waals surface area (Å²) in [6.45, 7) is -0.411. The fourth-order valence-corrected chi connectivity index (χ4v) is 2.29. The van der Waals surface area contributed by atoms with Crippen LogP contribution in [0.25, 0.3) is 0 Å². The second-order valence-electron chi connectivity index (χ2n) is 4.82. The number of aromatic nitrogens is 2. The smallest absolute Gasteiger partial charge is 0.261 e. The lowest BCUT2D eigenvalue weighted by Crippen LogP contribution is -2.08. The van der Waals surface area contributed by atoms with Crippen LogP contribution in [0.1, 0.15) is 23.3 Å². The zero-order chi connectivity index (χ0) is 14.7. The molecule has 0 saturated heterocycles. The Balaban J connectivity index is 1.54. The van der Waals surface area contributed by atoms with Crippen molar-refractivity contribution in [2.45, 2.75) is 25.3 Å². The maximum Gasteiger partial charge on any atom is 0.261 e. The molecule has 5 nitrogen and oxygen atoms in total. The molecule has 2 heterocycles. The van der Waals surface area contributed by atoms with Crippen LogP contribution in [0.3, 0.4) is 0 Å². The van der Waals surface area contributed by atoms with E-state index in [0.29, 0.717) is 18.1 Å². The van der Waals surface area contributed by atoms with Crippen LogP contribution in [0, 0.1) is 0 Å². The van der Waals surface area contributed by atoms with Gasteiger partial charge >= 0.3 is 0 Å². The molecule has 0 radical (unpaired) electrons. The first-order chi connectivity index (χ1) is 10.2. The van der Waals surface area contributed by atoms with Gasteiger partial charge in [0.05, 0.1) is 6.61 Å². The Bertz CT molecular complexity index is 578. The molecule has 0 amide bonds. The number of fused-ring (bicyclic) bond motifs is 1. The predicted octanol–water partition coefficient (Wildman–Crippen LogP) is 2.60. The molecular formula is C14H15F2N3O2. The fourth-order valence-electron chi connectivity index (χ4n) is 2.29. The van der Waals surface area contributed by atoms with Crippen molar-refractivity contribution in [2.75, 3.05) is 18.5 Å². The Morgan fingerprint density at radius 2 is 2.24 bits per heavy atom. The number of hydrogen-bond acceptors (Lipinski definition) is 5. The number of ether oxygens (including phenoxy) is 1. The Morgan fingerprint density at radius 3 is 3.05 bits per heavy atom. The SMILES string of the molecule is FC(F)COCCc1noc([C@@H]2Cc3ccccc3N2)n1. The van der Waals surface area contributed by atoms with Gasteiger partial charge in [-0.25, -0.2) is 8.78 Å². The van der Waals surface area contributed by atoms with Gasteiger partial charge in [-0.3, -0.25) is 0 Å². The number of rotatable bonds is 6. The Labute approximate surface area is 120 Å². The molecule has 0 spiro atoms. The van der Waals surface area contributed by atoms with Gasteiger partial charge in [0.25, 0.3) is 6.43 Å². The van der Waals surface area contributed by atoms with Crippen molar-refractivity contribution in [1.29, 1.82) is 0 Å². The third-order valence-corrected chi connectivity index (χ3v) is 3.27. The zero-order valence-electron chi connectivity index (χ0n) is 11.3. The molecule has 0 bridgehead atoms. The summed E-state index contributed by atoms with van der Waals surface area (Å²) in [7, 11) is 0. The van der Waals surface area contributed by atoms with E-state index < -0.39 is 13.0 Å². The molecule has 21 heavy (non-hydrogen) atoms. The van der Waals surface area contributed by atoms with Crippen LogP contribution in [0.4, 0.5) is 14.5 Å². The summed E-state index contributed by atoms with van der Waals surface area (Å²) < 4.78 is 33.9. The van der Waals surface area contributed by atoms with Crippen LogP contribution >= 0.6 is 0 Å². The molecule has 1 aliphatic heterocycles. The fraction of sp³-hybridized carbons (Fsp3) is 0.429. The van der Waals surface area contributed by atoms with E-state index in [-0.39, 0.29) is 12.6 Å². The Kier molecular flexibility index (Phi) is 4.10. The number of alkyl halides is 2. The van der Waals surface area contributed by atoms with Crippen molar-refractivity contribution in [3.63, 3.8) is 0 Å². The second kappa shape index (κ2) is 6.17. The van der Waals surface area contributed by atoms with Gasteiger partial charge in [0.2, 0.25) is 5.89 Å². The van der Waals surface area contributed by atoms with E-state index in [1.165, 1.54) is 5.56 Å². The van der Waals surface area contributed by atoms with Crippen LogP contribution in [0.2, 0.25) is 0 Å². The average Bonchev–Trinajstić information content (AvgIpc) is 3.09. The Morgan fingerprint density at radius 1 is 1.38 bits per heavy atom.